The molecule has 1 heterocycles. The molecule has 0 saturated carbocycles. The van der Waals surface area contributed by atoms with E-state index < -0.39 is 6.10 Å². The zero-order chi connectivity index (χ0) is 10.6. The Balaban J connectivity index is 2.41. The molecule has 4 nitrogen and oxygen atoms in total. The van der Waals surface area contributed by atoms with Crippen LogP contribution in [0.2, 0.25) is 0 Å². The molecule has 1 unspecified atom stereocenters. The normalized spacial score (nSPS) is 12.8. The van der Waals surface area contributed by atoms with Crippen LogP contribution in [0.4, 0.5) is 0 Å². The van der Waals surface area contributed by atoms with E-state index in [1.54, 1.807) is 17.8 Å². The summed E-state index contributed by atoms with van der Waals surface area (Å²) in [5, 5.41) is 13.3. The molecule has 0 aromatic carbocycles. The summed E-state index contributed by atoms with van der Waals surface area (Å²) >= 11 is 0. The molecule has 0 aliphatic rings. The van der Waals surface area contributed by atoms with Crippen LogP contribution in [0.25, 0.3) is 0 Å². The highest BCUT2D eigenvalue weighted by Crippen LogP contribution is 2.04. The van der Waals surface area contributed by atoms with Crippen molar-refractivity contribution in [2.75, 3.05) is 0 Å². The molecule has 0 saturated heterocycles. The first-order chi connectivity index (χ1) is 6.65. The van der Waals surface area contributed by atoms with Gasteiger partial charge in [-0.3, -0.25) is 9.48 Å². The van der Waals surface area contributed by atoms with Gasteiger partial charge in [0, 0.05) is 25.4 Å². The monoisotopic (exact) mass is 196 g/mol. The average molecular weight is 196 g/mol. The van der Waals surface area contributed by atoms with Gasteiger partial charge in [0.25, 0.3) is 0 Å². The molecular formula is C10H16N2O2. The van der Waals surface area contributed by atoms with Crippen LogP contribution in [-0.4, -0.2) is 26.8 Å². The number of carbonyl (C=O) groups excluding carboxylic acids is 1. The summed E-state index contributed by atoms with van der Waals surface area (Å²) in [5.41, 5.74) is 1.02. The van der Waals surface area contributed by atoms with E-state index in [0.29, 0.717) is 19.3 Å². The topological polar surface area (TPSA) is 55.1 Å². The highest BCUT2D eigenvalue weighted by Gasteiger charge is 2.12. The van der Waals surface area contributed by atoms with Gasteiger partial charge < -0.3 is 5.11 Å². The molecule has 78 valence electrons. The Morgan fingerprint density at radius 1 is 1.71 bits per heavy atom. The minimum Gasteiger partial charge on any atom is -0.385 e. The Hall–Kier alpha value is -1.16. The van der Waals surface area contributed by atoms with Crippen LogP contribution in [-0.2, 0) is 18.3 Å². The third-order valence-electron chi connectivity index (χ3n) is 2.31. The third kappa shape index (κ3) is 2.67. The number of carbonyl (C=O) groups is 1. The van der Waals surface area contributed by atoms with Gasteiger partial charge in [-0.05, 0) is 18.9 Å². The van der Waals surface area contributed by atoms with E-state index >= 15 is 0 Å². The summed E-state index contributed by atoms with van der Waals surface area (Å²) in [7, 11) is 1.84. The van der Waals surface area contributed by atoms with Gasteiger partial charge in [0.1, 0.15) is 6.10 Å². The van der Waals surface area contributed by atoms with Gasteiger partial charge in [0.15, 0.2) is 5.78 Å². The lowest BCUT2D eigenvalue weighted by atomic mass is 10.1. The molecule has 0 radical (unpaired) electrons. The predicted octanol–water partition coefficient (Wildman–Crippen LogP) is 0.693. The van der Waals surface area contributed by atoms with E-state index in [1.165, 1.54) is 0 Å². The lowest BCUT2D eigenvalue weighted by Crippen LogP contribution is -2.19. The minimum absolute atomic E-state index is 0.0892. The van der Waals surface area contributed by atoms with E-state index in [2.05, 4.69) is 5.10 Å². The molecule has 0 amide bonds. The van der Waals surface area contributed by atoms with Gasteiger partial charge >= 0.3 is 0 Å². The number of nitrogens with zero attached hydrogens (tertiary/aromatic N) is 2. The van der Waals surface area contributed by atoms with Gasteiger partial charge in [-0.2, -0.15) is 5.10 Å². The van der Waals surface area contributed by atoms with Crippen LogP contribution in [0, 0.1) is 0 Å². The fourth-order valence-corrected chi connectivity index (χ4v) is 1.29. The third-order valence-corrected chi connectivity index (χ3v) is 2.31. The molecule has 0 aliphatic carbocycles. The first-order valence-corrected chi connectivity index (χ1v) is 4.82. The largest absolute Gasteiger partial charge is 0.385 e. The second-order valence-electron chi connectivity index (χ2n) is 3.34. The van der Waals surface area contributed by atoms with Crippen molar-refractivity contribution >= 4 is 5.78 Å². The van der Waals surface area contributed by atoms with Gasteiger partial charge in [-0.15, -0.1) is 0 Å². The molecule has 1 aromatic rings. The lowest BCUT2D eigenvalue weighted by molar-refractivity contribution is -0.127. The van der Waals surface area contributed by atoms with E-state index in [1.807, 2.05) is 13.1 Å². The number of aliphatic hydroxyl groups is 1. The number of hydrogen-bond acceptors (Lipinski definition) is 3. The summed E-state index contributed by atoms with van der Waals surface area (Å²) in [6.45, 7) is 1.80. The number of Topliss-reactive ketones (excluding diaryl/α,β-unsaturated/α-hetero) is 1. The van der Waals surface area contributed by atoms with E-state index in [0.717, 1.165) is 5.69 Å². The number of rotatable bonds is 5. The predicted molar refractivity (Wildman–Crippen MR) is 52.8 cm³/mol. The number of ketones is 1. The molecule has 0 aliphatic heterocycles. The molecule has 0 fully saturated rings. The average Bonchev–Trinajstić information content (AvgIpc) is 2.59. The zero-order valence-electron chi connectivity index (χ0n) is 8.60. The highest BCUT2D eigenvalue weighted by atomic mass is 16.3. The van der Waals surface area contributed by atoms with Crippen LogP contribution >= 0.6 is 0 Å². The second-order valence-corrected chi connectivity index (χ2v) is 3.34. The standard InChI is InChI=1S/C10H16N2O2/c1-3-9(13)10(14)5-4-8-6-7-11-12(8)2/h6-7,9,13H,3-5H2,1-2H3. The maximum atomic E-state index is 11.3. The van der Waals surface area contributed by atoms with E-state index in [9.17, 15) is 9.90 Å². The zero-order valence-corrected chi connectivity index (χ0v) is 8.60. The van der Waals surface area contributed by atoms with Crippen LogP contribution in [0.1, 0.15) is 25.5 Å². The molecule has 14 heavy (non-hydrogen) atoms. The molecule has 1 N–H and O–H groups in total. The van der Waals surface area contributed by atoms with Crippen LogP contribution in [0.15, 0.2) is 12.3 Å². The maximum absolute atomic E-state index is 11.3. The van der Waals surface area contributed by atoms with E-state index in [4.69, 9.17) is 0 Å². The summed E-state index contributed by atoms with van der Waals surface area (Å²) in [5.74, 6) is -0.0892. The molecule has 0 spiro atoms. The molecule has 1 atom stereocenters. The number of aliphatic hydroxyl groups excluding tert-OH is 1. The van der Waals surface area contributed by atoms with Crippen molar-refractivity contribution in [3.63, 3.8) is 0 Å². The highest BCUT2D eigenvalue weighted by molar-refractivity contribution is 5.82. The molecule has 4 heteroatoms. The molecule has 1 aromatic heterocycles. The smallest absolute Gasteiger partial charge is 0.161 e. The van der Waals surface area contributed by atoms with E-state index in [-0.39, 0.29) is 5.78 Å². The van der Waals surface area contributed by atoms with Gasteiger partial charge in [0.05, 0.1) is 0 Å². The second kappa shape index (κ2) is 4.91. The van der Waals surface area contributed by atoms with Crippen molar-refractivity contribution in [3.8, 4) is 0 Å². The van der Waals surface area contributed by atoms with Gasteiger partial charge in [-0.25, -0.2) is 0 Å². The van der Waals surface area contributed by atoms with Crippen LogP contribution < -0.4 is 0 Å². The van der Waals surface area contributed by atoms with Gasteiger partial charge in [0.2, 0.25) is 0 Å². The lowest BCUT2D eigenvalue weighted by Gasteiger charge is -2.06. The van der Waals surface area contributed by atoms with Crippen LogP contribution in [0.3, 0.4) is 0 Å². The summed E-state index contributed by atoms with van der Waals surface area (Å²) in [6.07, 6.45) is 2.42. The van der Waals surface area contributed by atoms with Crippen molar-refractivity contribution in [2.45, 2.75) is 32.3 Å². The van der Waals surface area contributed by atoms with Crippen LogP contribution in [0.5, 0.6) is 0 Å². The minimum atomic E-state index is -0.803. The van der Waals surface area contributed by atoms with Crippen molar-refractivity contribution in [3.05, 3.63) is 18.0 Å². The maximum Gasteiger partial charge on any atom is 0.161 e. The molecular weight excluding hydrogens is 180 g/mol. The summed E-state index contributed by atoms with van der Waals surface area (Å²) in [4.78, 5) is 11.3. The fraction of sp³-hybridized carbons (Fsp3) is 0.600. The van der Waals surface area contributed by atoms with Crippen molar-refractivity contribution in [2.24, 2.45) is 7.05 Å². The van der Waals surface area contributed by atoms with Crippen molar-refractivity contribution in [1.29, 1.82) is 0 Å². The summed E-state index contributed by atoms with van der Waals surface area (Å²) in [6, 6.07) is 1.88. The Kier molecular flexibility index (Phi) is 3.83. The Morgan fingerprint density at radius 3 is 2.93 bits per heavy atom. The van der Waals surface area contributed by atoms with Gasteiger partial charge in [-0.1, -0.05) is 6.92 Å². The molecule has 0 bridgehead atoms. The quantitative estimate of drug-likeness (QED) is 0.754. The Bertz CT molecular complexity index is 307. The number of aryl methyl sites for hydroxylation is 2. The summed E-state index contributed by atoms with van der Waals surface area (Å²) < 4.78 is 1.74. The van der Waals surface area contributed by atoms with Crippen molar-refractivity contribution in [1.82, 2.24) is 9.78 Å². The number of hydrogen-bond donors (Lipinski definition) is 1. The van der Waals surface area contributed by atoms with Crippen molar-refractivity contribution < 1.29 is 9.90 Å². The Morgan fingerprint density at radius 2 is 2.43 bits per heavy atom. The molecule has 1 rings (SSSR count). The first kappa shape index (κ1) is 10.9. The number of aromatic nitrogens is 2. The SMILES string of the molecule is CCC(O)C(=O)CCc1ccnn1C. The fourth-order valence-electron chi connectivity index (χ4n) is 1.29. The Labute approximate surface area is 83.5 Å². The first-order valence-electron chi connectivity index (χ1n) is 4.82.